The van der Waals surface area contributed by atoms with Crippen molar-refractivity contribution in [3.05, 3.63) is 76.0 Å². The van der Waals surface area contributed by atoms with Crippen molar-refractivity contribution in [3.63, 3.8) is 0 Å². The molecule has 1 unspecified atom stereocenters. The number of hydrogen-bond donors (Lipinski definition) is 2. The highest BCUT2D eigenvalue weighted by Gasteiger charge is 2.35. The zero-order valence-electron chi connectivity index (χ0n) is 22.6. The number of rotatable bonds is 5. The summed E-state index contributed by atoms with van der Waals surface area (Å²) in [5.74, 6) is -1.66. The average Bonchev–Trinajstić information content (AvgIpc) is 3.47. The molecule has 3 amide bonds. The third-order valence-corrected chi connectivity index (χ3v) is 7.96. The van der Waals surface area contributed by atoms with Gasteiger partial charge in [-0.15, -0.1) is 0 Å². The van der Waals surface area contributed by atoms with Gasteiger partial charge in [0.05, 0.1) is 11.0 Å². The topological polar surface area (TPSA) is 96.3 Å². The Bertz CT molecular complexity index is 1660. The van der Waals surface area contributed by atoms with Gasteiger partial charge < -0.3 is 20.1 Å². The molecule has 0 aliphatic carbocycles. The zero-order chi connectivity index (χ0) is 28.7. The van der Waals surface area contributed by atoms with E-state index in [4.69, 9.17) is 0 Å². The number of hydrogen-bond acceptors (Lipinski definition) is 4. The van der Waals surface area contributed by atoms with Gasteiger partial charge in [-0.2, -0.15) is 0 Å². The van der Waals surface area contributed by atoms with Crippen molar-refractivity contribution in [2.75, 3.05) is 16.8 Å². The fraction of sp³-hybridized carbons (Fsp3) is 0.267. The van der Waals surface area contributed by atoms with Crippen LogP contribution in [0.4, 0.5) is 15.8 Å². The lowest BCUT2D eigenvalue weighted by atomic mass is 10.1. The second-order valence-electron chi connectivity index (χ2n) is 10.3. The number of carbonyl (C=O) groups excluding carboxylic acids is 3. The first-order chi connectivity index (χ1) is 19.0. The Labute approximate surface area is 239 Å². The van der Waals surface area contributed by atoms with Gasteiger partial charge in [-0.3, -0.25) is 14.4 Å². The number of imidazole rings is 1. The van der Waals surface area contributed by atoms with Crippen LogP contribution >= 0.6 is 15.9 Å². The molecule has 40 heavy (non-hydrogen) atoms. The lowest BCUT2D eigenvalue weighted by Crippen LogP contribution is -2.46. The van der Waals surface area contributed by atoms with Crippen LogP contribution in [0.5, 0.6) is 0 Å². The van der Waals surface area contributed by atoms with E-state index in [2.05, 4.69) is 31.5 Å². The van der Waals surface area contributed by atoms with E-state index in [1.807, 2.05) is 56.5 Å². The molecule has 1 fully saturated rings. The van der Waals surface area contributed by atoms with E-state index in [1.54, 1.807) is 23.1 Å². The number of halogens is 2. The van der Waals surface area contributed by atoms with Crippen LogP contribution in [-0.2, 0) is 14.4 Å². The Hall–Kier alpha value is -4.05. The predicted molar refractivity (Wildman–Crippen MR) is 157 cm³/mol. The minimum absolute atomic E-state index is 0.0795. The van der Waals surface area contributed by atoms with Crippen LogP contribution < -0.4 is 15.5 Å². The third kappa shape index (κ3) is 5.23. The number of nitrogens with zero attached hydrogens (tertiary/aromatic N) is 3. The summed E-state index contributed by atoms with van der Waals surface area (Å²) in [4.78, 5) is 44.6. The first-order valence-corrected chi connectivity index (χ1v) is 13.8. The molecule has 1 aliphatic heterocycles. The van der Waals surface area contributed by atoms with E-state index >= 15 is 0 Å². The van der Waals surface area contributed by atoms with Gasteiger partial charge in [0.25, 0.3) is 0 Å². The molecule has 2 heterocycles. The number of anilines is 2. The molecule has 5 rings (SSSR count). The molecular formula is C30H29BrFN5O3. The van der Waals surface area contributed by atoms with Crippen LogP contribution in [0.3, 0.4) is 0 Å². The quantitative estimate of drug-likeness (QED) is 0.287. The van der Waals surface area contributed by atoms with Gasteiger partial charge in [-0.25, -0.2) is 9.37 Å². The van der Waals surface area contributed by atoms with Crippen LogP contribution in [-0.4, -0.2) is 39.9 Å². The number of fused-ring (bicyclic) bond motifs is 1. The minimum atomic E-state index is -0.876. The van der Waals surface area contributed by atoms with Gasteiger partial charge >= 0.3 is 11.8 Å². The number of amides is 3. The molecule has 1 aliphatic rings. The molecule has 0 spiro atoms. The van der Waals surface area contributed by atoms with E-state index in [-0.39, 0.29) is 17.8 Å². The standard InChI is InChI=1S/C30H29BrFN5O3/c1-16(2)37-26-10-6-20(32)15-25(26)33-27(37)19-5-9-23(18(4)13-19)34-28(38)29(39)35-24-11-12-36(30(24)40)21-7-8-22(31)17(3)14-21/h5-10,13-16,24H,11-12H2,1-4H3,(H,34,38)(H,35,39). The second-order valence-corrected chi connectivity index (χ2v) is 11.1. The van der Waals surface area contributed by atoms with Gasteiger partial charge in [0.2, 0.25) is 5.91 Å². The maximum atomic E-state index is 13.8. The summed E-state index contributed by atoms with van der Waals surface area (Å²) in [7, 11) is 0. The number of nitrogens with one attached hydrogen (secondary N) is 2. The summed E-state index contributed by atoms with van der Waals surface area (Å²) in [5, 5.41) is 5.22. The molecule has 10 heteroatoms. The number of benzene rings is 3. The van der Waals surface area contributed by atoms with Crippen molar-refractivity contribution in [1.29, 1.82) is 0 Å². The Morgan fingerprint density at radius 2 is 1.80 bits per heavy atom. The molecule has 0 bridgehead atoms. The zero-order valence-corrected chi connectivity index (χ0v) is 24.2. The maximum Gasteiger partial charge on any atom is 0.313 e. The predicted octanol–water partition coefficient (Wildman–Crippen LogP) is 5.66. The summed E-state index contributed by atoms with van der Waals surface area (Å²) in [6.07, 6.45) is 0.404. The van der Waals surface area contributed by atoms with E-state index in [9.17, 15) is 18.8 Å². The molecule has 4 aromatic rings. The van der Waals surface area contributed by atoms with Gasteiger partial charge in [0.15, 0.2) is 0 Å². The van der Waals surface area contributed by atoms with Gasteiger partial charge in [-0.1, -0.05) is 15.9 Å². The van der Waals surface area contributed by atoms with E-state index < -0.39 is 17.9 Å². The van der Waals surface area contributed by atoms with E-state index in [0.29, 0.717) is 30.0 Å². The molecule has 0 radical (unpaired) electrons. The average molecular weight is 606 g/mol. The SMILES string of the molecule is Cc1cc(N2CCC(NC(=O)C(=O)Nc3ccc(-c4nc5cc(F)ccc5n4C(C)C)cc3C)C2=O)ccc1Br. The van der Waals surface area contributed by atoms with E-state index in [0.717, 1.165) is 32.4 Å². The first kappa shape index (κ1) is 27.5. The first-order valence-electron chi connectivity index (χ1n) is 13.0. The van der Waals surface area contributed by atoms with Crippen LogP contribution in [0.2, 0.25) is 0 Å². The summed E-state index contributed by atoms with van der Waals surface area (Å²) in [5.41, 5.74) is 5.12. The van der Waals surface area contributed by atoms with Crippen molar-refractivity contribution in [3.8, 4) is 11.4 Å². The normalized spacial score (nSPS) is 15.2. The molecule has 3 aromatic carbocycles. The fourth-order valence-electron chi connectivity index (χ4n) is 5.01. The lowest BCUT2D eigenvalue weighted by molar-refractivity contribution is -0.137. The highest BCUT2D eigenvalue weighted by atomic mass is 79.9. The smallest absolute Gasteiger partial charge is 0.313 e. The Morgan fingerprint density at radius 1 is 1.02 bits per heavy atom. The number of carbonyl (C=O) groups is 3. The Kier molecular flexibility index (Phi) is 7.46. The molecule has 1 saturated heterocycles. The molecule has 1 aromatic heterocycles. The Balaban J connectivity index is 1.28. The monoisotopic (exact) mass is 605 g/mol. The minimum Gasteiger partial charge on any atom is -0.336 e. The Morgan fingerprint density at radius 3 is 2.50 bits per heavy atom. The summed E-state index contributed by atoms with van der Waals surface area (Å²) >= 11 is 3.46. The maximum absolute atomic E-state index is 13.8. The lowest BCUT2D eigenvalue weighted by Gasteiger charge is -2.18. The molecule has 2 N–H and O–H groups in total. The van der Waals surface area contributed by atoms with Crippen LogP contribution in [0.1, 0.15) is 37.4 Å². The van der Waals surface area contributed by atoms with Crippen molar-refractivity contribution in [2.24, 2.45) is 0 Å². The van der Waals surface area contributed by atoms with Gasteiger partial charge in [-0.05, 0) is 93.8 Å². The molecule has 1 atom stereocenters. The van der Waals surface area contributed by atoms with Crippen molar-refractivity contribution in [2.45, 2.75) is 46.2 Å². The third-order valence-electron chi connectivity index (χ3n) is 7.07. The van der Waals surface area contributed by atoms with Crippen LogP contribution in [0.25, 0.3) is 22.4 Å². The van der Waals surface area contributed by atoms with Crippen molar-refractivity contribution >= 4 is 56.1 Å². The molecule has 0 saturated carbocycles. The van der Waals surface area contributed by atoms with Crippen molar-refractivity contribution < 1.29 is 18.8 Å². The largest absolute Gasteiger partial charge is 0.336 e. The summed E-state index contributed by atoms with van der Waals surface area (Å²) in [6, 6.07) is 14.8. The molecular weight excluding hydrogens is 577 g/mol. The number of aromatic nitrogens is 2. The number of aryl methyl sites for hydroxylation is 2. The fourth-order valence-corrected chi connectivity index (χ4v) is 5.26. The second kappa shape index (κ2) is 10.8. The summed E-state index contributed by atoms with van der Waals surface area (Å²) in [6.45, 7) is 8.26. The van der Waals surface area contributed by atoms with Crippen LogP contribution in [0, 0.1) is 19.7 Å². The van der Waals surface area contributed by atoms with Crippen LogP contribution in [0.15, 0.2) is 59.1 Å². The molecule has 8 nitrogen and oxygen atoms in total. The summed E-state index contributed by atoms with van der Waals surface area (Å²) < 4.78 is 16.8. The van der Waals surface area contributed by atoms with Gasteiger partial charge in [0, 0.05) is 40.1 Å². The van der Waals surface area contributed by atoms with Crippen molar-refractivity contribution in [1.82, 2.24) is 14.9 Å². The molecule has 206 valence electrons. The highest BCUT2D eigenvalue weighted by molar-refractivity contribution is 9.10. The van der Waals surface area contributed by atoms with Gasteiger partial charge in [0.1, 0.15) is 17.7 Å². The highest BCUT2D eigenvalue weighted by Crippen LogP contribution is 2.31. The van der Waals surface area contributed by atoms with E-state index in [1.165, 1.54) is 12.1 Å².